The van der Waals surface area contributed by atoms with Crippen molar-refractivity contribution in [2.24, 2.45) is 0 Å². The number of halogens is 1. The SMILES string of the molecule is C[C@@H](/C=C/c1ccco1)c1ccc(Cl)cc1. The topological polar surface area (TPSA) is 13.1 Å². The number of allylic oxidation sites excluding steroid dienone is 1. The van der Waals surface area contributed by atoms with Crippen LogP contribution in [0.5, 0.6) is 0 Å². The summed E-state index contributed by atoms with van der Waals surface area (Å²) in [5, 5.41) is 0.769. The van der Waals surface area contributed by atoms with Crippen LogP contribution < -0.4 is 0 Å². The van der Waals surface area contributed by atoms with Crippen molar-refractivity contribution in [3.8, 4) is 0 Å². The summed E-state index contributed by atoms with van der Waals surface area (Å²) in [6, 6.07) is 11.7. The summed E-state index contributed by atoms with van der Waals surface area (Å²) in [5.41, 5.74) is 1.24. The van der Waals surface area contributed by atoms with Gasteiger partial charge in [0.2, 0.25) is 0 Å². The highest BCUT2D eigenvalue weighted by molar-refractivity contribution is 6.30. The van der Waals surface area contributed by atoms with Crippen molar-refractivity contribution < 1.29 is 4.42 Å². The molecule has 0 saturated carbocycles. The van der Waals surface area contributed by atoms with Crippen LogP contribution in [-0.2, 0) is 0 Å². The molecule has 0 saturated heterocycles. The first-order valence-electron chi connectivity index (χ1n) is 5.23. The normalized spacial score (nSPS) is 13.1. The standard InChI is InChI=1S/C14H13ClO/c1-11(4-9-14-3-2-10-16-14)12-5-7-13(15)8-6-12/h2-11H,1H3/b9-4+/t11-/m0/s1. The third-order valence-corrected chi connectivity index (χ3v) is 2.74. The third-order valence-electron chi connectivity index (χ3n) is 2.49. The van der Waals surface area contributed by atoms with Crippen LogP contribution >= 0.6 is 11.6 Å². The monoisotopic (exact) mass is 232 g/mol. The lowest BCUT2D eigenvalue weighted by molar-refractivity contribution is 0.556. The molecule has 0 aliphatic rings. The molecule has 1 heterocycles. The van der Waals surface area contributed by atoms with Gasteiger partial charge >= 0.3 is 0 Å². The first kappa shape index (κ1) is 11.0. The van der Waals surface area contributed by atoms with E-state index in [-0.39, 0.29) is 0 Å². The van der Waals surface area contributed by atoms with Crippen LogP contribution in [0.2, 0.25) is 5.02 Å². The molecule has 0 N–H and O–H groups in total. The fraction of sp³-hybridized carbons (Fsp3) is 0.143. The van der Waals surface area contributed by atoms with E-state index in [0.29, 0.717) is 5.92 Å². The number of rotatable bonds is 3. The Hall–Kier alpha value is -1.47. The van der Waals surface area contributed by atoms with Crippen LogP contribution in [0.4, 0.5) is 0 Å². The maximum atomic E-state index is 5.84. The molecule has 82 valence electrons. The Morgan fingerprint density at radius 3 is 2.56 bits per heavy atom. The fourth-order valence-electron chi connectivity index (χ4n) is 1.50. The quantitative estimate of drug-likeness (QED) is 0.744. The molecule has 0 spiro atoms. The van der Waals surface area contributed by atoms with E-state index >= 15 is 0 Å². The van der Waals surface area contributed by atoms with Gasteiger partial charge in [0.25, 0.3) is 0 Å². The number of hydrogen-bond acceptors (Lipinski definition) is 1. The number of furan rings is 1. The summed E-state index contributed by atoms with van der Waals surface area (Å²) in [6.45, 7) is 2.14. The highest BCUT2D eigenvalue weighted by atomic mass is 35.5. The van der Waals surface area contributed by atoms with E-state index in [1.54, 1.807) is 6.26 Å². The predicted molar refractivity (Wildman–Crippen MR) is 67.6 cm³/mol. The lowest BCUT2D eigenvalue weighted by atomic mass is 10.0. The summed E-state index contributed by atoms with van der Waals surface area (Å²) >= 11 is 5.84. The van der Waals surface area contributed by atoms with E-state index in [1.807, 2.05) is 42.5 Å². The first-order chi connectivity index (χ1) is 7.75. The average molecular weight is 233 g/mol. The molecule has 1 atom stereocenters. The minimum Gasteiger partial charge on any atom is -0.465 e. The highest BCUT2D eigenvalue weighted by Crippen LogP contribution is 2.20. The van der Waals surface area contributed by atoms with E-state index in [2.05, 4.69) is 13.0 Å². The van der Waals surface area contributed by atoms with Crippen LogP contribution in [0.25, 0.3) is 6.08 Å². The second-order valence-corrected chi connectivity index (χ2v) is 4.15. The van der Waals surface area contributed by atoms with Gasteiger partial charge in [-0.1, -0.05) is 36.7 Å². The Balaban J connectivity index is 2.08. The lowest BCUT2D eigenvalue weighted by Crippen LogP contribution is -1.87. The van der Waals surface area contributed by atoms with Gasteiger partial charge in [-0.2, -0.15) is 0 Å². The van der Waals surface area contributed by atoms with Crippen molar-refractivity contribution in [3.05, 3.63) is 65.1 Å². The molecule has 0 aliphatic heterocycles. The molecular formula is C14H13ClO. The molecule has 0 unspecified atom stereocenters. The number of hydrogen-bond donors (Lipinski definition) is 0. The van der Waals surface area contributed by atoms with E-state index in [1.165, 1.54) is 5.56 Å². The average Bonchev–Trinajstić information content (AvgIpc) is 2.80. The Morgan fingerprint density at radius 2 is 1.94 bits per heavy atom. The first-order valence-corrected chi connectivity index (χ1v) is 5.60. The minimum atomic E-state index is 0.349. The molecule has 16 heavy (non-hydrogen) atoms. The van der Waals surface area contributed by atoms with Gasteiger partial charge in [-0.05, 0) is 41.8 Å². The summed E-state index contributed by atoms with van der Waals surface area (Å²) in [7, 11) is 0. The van der Waals surface area contributed by atoms with E-state index < -0.39 is 0 Å². The zero-order valence-electron chi connectivity index (χ0n) is 9.06. The highest BCUT2D eigenvalue weighted by Gasteiger charge is 2.01. The molecule has 1 aromatic carbocycles. The maximum Gasteiger partial charge on any atom is 0.126 e. The zero-order chi connectivity index (χ0) is 11.4. The van der Waals surface area contributed by atoms with Gasteiger partial charge in [-0.25, -0.2) is 0 Å². The Kier molecular flexibility index (Phi) is 3.47. The van der Waals surface area contributed by atoms with Crippen LogP contribution in [0.15, 0.2) is 53.2 Å². The summed E-state index contributed by atoms with van der Waals surface area (Å²) in [5.74, 6) is 1.23. The van der Waals surface area contributed by atoms with E-state index in [4.69, 9.17) is 16.0 Å². The van der Waals surface area contributed by atoms with Crippen molar-refractivity contribution in [1.82, 2.24) is 0 Å². The summed E-state index contributed by atoms with van der Waals surface area (Å²) in [6.07, 6.45) is 5.77. The van der Waals surface area contributed by atoms with Crippen molar-refractivity contribution in [1.29, 1.82) is 0 Å². The second kappa shape index (κ2) is 5.04. The number of benzene rings is 1. The summed E-state index contributed by atoms with van der Waals surface area (Å²) < 4.78 is 5.23. The maximum absolute atomic E-state index is 5.84. The molecule has 0 radical (unpaired) electrons. The Morgan fingerprint density at radius 1 is 1.19 bits per heavy atom. The van der Waals surface area contributed by atoms with Gasteiger partial charge in [-0.15, -0.1) is 0 Å². The lowest BCUT2D eigenvalue weighted by Gasteiger charge is -2.05. The van der Waals surface area contributed by atoms with Crippen LogP contribution in [0, 0.1) is 0 Å². The van der Waals surface area contributed by atoms with Crippen LogP contribution in [-0.4, -0.2) is 0 Å². The molecule has 0 bridgehead atoms. The van der Waals surface area contributed by atoms with Crippen molar-refractivity contribution in [2.75, 3.05) is 0 Å². The van der Waals surface area contributed by atoms with E-state index in [9.17, 15) is 0 Å². The molecular weight excluding hydrogens is 220 g/mol. The fourth-order valence-corrected chi connectivity index (χ4v) is 1.63. The van der Waals surface area contributed by atoms with E-state index in [0.717, 1.165) is 10.8 Å². The Bertz CT molecular complexity index is 454. The van der Waals surface area contributed by atoms with Gasteiger partial charge in [-0.3, -0.25) is 0 Å². The molecule has 2 aromatic rings. The molecule has 0 fully saturated rings. The third kappa shape index (κ3) is 2.77. The second-order valence-electron chi connectivity index (χ2n) is 3.71. The van der Waals surface area contributed by atoms with Crippen LogP contribution in [0.1, 0.15) is 24.2 Å². The smallest absolute Gasteiger partial charge is 0.126 e. The minimum absolute atomic E-state index is 0.349. The Labute approximate surface area is 100 Å². The van der Waals surface area contributed by atoms with Crippen molar-refractivity contribution in [3.63, 3.8) is 0 Å². The van der Waals surface area contributed by atoms with Gasteiger partial charge in [0.1, 0.15) is 5.76 Å². The van der Waals surface area contributed by atoms with Crippen molar-refractivity contribution >= 4 is 17.7 Å². The van der Waals surface area contributed by atoms with Crippen LogP contribution in [0.3, 0.4) is 0 Å². The van der Waals surface area contributed by atoms with Gasteiger partial charge in [0, 0.05) is 5.02 Å². The van der Waals surface area contributed by atoms with Gasteiger partial charge < -0.3 is 4.42 Å². The molecule has 2 heteroatoms. The van der Waals surface area contributed by atoms with Gasteiger partial charge in [0.15, 0.2) is 0 Å². The molecule has 1 aromatic heterocycles. The van der Waals surface area contributed by atoms with Gasteiger partial charge in [0.05, 0.1) is 6.26 Å². The molecule has 0 aliphatic carbocycles. The molecule has 0 amide bonds. The predicted octanol–water partition coefficient (Wildman–Crippen LogP) is 4.75. The summed E-state index contributed by atoms with van der Waals surface area (Å²) in [4.78, 5) is 0. The largest absolute Gasteiger partial charge is 0.465 e. The van der Waals surface area contributed by atoms with Crippen molar-refractivity contribution in [2.45, 2.75) is 12.8 Å². The molecule has 1 nitrogen and oxygen atoms in total. The molecule has 2 rings (SSSR count). The zero-order valence-corrected chi connectivity index (χ0v) is 9.82.